The highest BCUT2D eigenvalue weighted by molar-refractivity contribution is 7.13. The highest BCUT2D eigenvalue weighted by Crippen LogP contribution is 2.33. The third-order valence-corrected chi connectivity index (χ3v) is 7.17. The maximum absolute atomic E-state index is 12.7. The van der Waals surface area contributed by atoms with Gasteiger partial charge in [0.15, 0.2) is 5.82 Å². The number of amides is 1. The Hall–Kier alpha value is -2.10. The fourth-order valence-corrected chi connectivity index (χ4v) is 5.15. The first kappa shape index (κ1) is 19.2. The first-order valence-electron chi connectivity index (χ1n) is 8.85. The summed E-state index contributed by atoms with van der Waals surface area (Å²) < 4.78 is 0. The molecule has 3 aromatic heterocycles. The van der Waals surface area contributed by atoms with Gasteiger partial charge in [0.1, 0.15) is 9.90 Å². The van der Waals surface area contributed by atoms with E-state index in [0.717, 1.165) is 16.3 Å². The topological polar surface area (TPSA) is 91.8 Å². The zero-order chi connectivity index (χ0) is 19.8. The van der Waals surface area contributed by atoms with Crippen molar-refractivity contribution < 1.29 is 4.79 Å². The van der Waals surface area contributed by atoms with E-state index in [9.17, 15) is 9.59 Å². The molecule has 1 fully saturated rings. The number of thiazole rings is 2. The van der Waals surface area contributed by atoms with E-state index >= 15 is 0 Å². The van der Waals surface area contributed by atoms with Crippen molar-refractivity contribution in [1.29, 1.82) is 0 Å². The SMILES string of the molecule is Cc1ncsc1C(=O)N1CCC(c2nc(-c3scnc3C)[nH]c(=O)c2Cl)CC1. The normalized spacial score (nSPS) is 15.2. The van der Waals surface area contributed by atoms with Gasteiger partial charge in [-0.1, -0.05) is 11.6 Å². The van der Waals surface area contributed by atoms with Gasteiger partial charge in [0.2, 0.25) is 0 Å². The minimum Gasteiger partial charge on any atom is -0.338 e. The molecular formula is C18H18ClN5O2S2. The predicted octanol–water partition coefficient (Wildman–Crippen LogP) is 3.64. The molecule has 0 saturated carbocycles. The first-order chi connectivity index (χ1) is 13.5. The average molecular weight is 436 g/mol. The first-order valence-corrected chi connectivity index (χ1v) is 11.0. The Morgan fingerprint density at radius 2 is 1.86 bits per heavy atom. The van der Waals surface area contributed by atoms with Crippen LogP contribution in [0, 0.1) is 13.8 Å². The zero-order valence-electron chi connectivity index (χ0n) is 15.4. The third-order valence-electron chi connectivity index (χ3n) is 4.96. The van der Waals surface area contributed by atoms with E-state index in [0.29, 0.717) is 42.3 Å². The van der Waals surface area contributed by atoms with Crippen molar-refractivity contribution in [2.45, 2.75) is 32.6 Å². The molecule has 0 radical (unpaired) electrons. The van der Waals surface area contributed by atoms with Gasteiger partial charge in [0.05, 0.1) is 33.0 Å². The summed E-state index contributed by atoms with van der Waals surface area (Å²) in [6.07, 6.45) is 1.42. The van der Waals surface area contributed by atoms with E-state index in [4.69, 9.17) is 11.6 Å². The number of aromatic nitrogens is 4. The number of carbonyl (C=O) groups excluding carboxylic acids is 1. The summed E-state index contributed by atoms with van der Waals surface area (Å²) in [5, 5.41) is 0.133. The summed E-state index contributed by atoms with van der Waals surface area (Å²) in [5.41, 5.74) is 5.27. The van der Waals surface area contributed by atoms with Gasteiger partial charge in [-0.15, -0.1) is 22.7 Å². The van der Waals surface area contributed by atoms with Crippen LogP contribution in [0.3, 0.4) is 0 Å². The Balaban J connectivity index is 1.56. The smallest absolute Gasteiger partial charge is 0.270 e. The third kappa shape index (κ3) is 3.49. The van der Waals surface area contributed by atoms with E-state index in [2.05, 4.69) is 19.9 Å². The number of aromatic amines is 1. The summed E-state index contributed by atoms with van der Waals surface area (Å²) in [4.78, 5) is 44.2. The second-order valence-corrected chi connectivity index (χ2v) is 8.80. The van der Waals surface area contributed by atoms with E-state index < -0.39 is 0 Å². The van der Waals surface area contributed by atoms with Gasteiger partial charge in [-0.3, -0.25) is 9.59 Å². The number of carbonyl (C=O) groups is 1. The van der Waals surface area contributed by atoms with Crippen LogP contribution in [0.1, 0.15) is 45.5 Å². The summed E-state index contributed by atoms with van der Waals surface area (Å²) in [5.74, 6) is 0.556. The van der Waals surface area contributed by atoms with Crippen molar-refractivity contribution in [1.82, 2.24) is 24.8 Å². The van der Waals surface area contributed by atoms with Crippen molar-refractivity contribution in [2.75, 3.05) is 13.1 Å². The summed E-state index contributed by atoms with van der Waals surface area (Å²) in [6, 6.07) is 0. The Labute approximate surface area is 174 Å². The van der Waals surface area contributed by atoms with Crippen LogP contribution in [-0.4, -0.2) is 43.8 Å². The monoisotopic (exact) mass is 435 g/mol. The lowest BCUT2D eigenvalue weighted by molar-refractivity contribution is 0.0716. The van der Waals surface area contributed by atoms with Crippen LogP contribution in [0.5, 0.6) is 0 Å². The molecule has 0 aliphatic carbocycles. The fraction of sp³-hybridized carbons (Fsp3) is 0.389. The fourth-order valence-electron chi connectivity index (χ4n) is 3.39. The predicted molar refractivity (Wildman–Crippen MR) is 110 cm³/mol. The lowest BCUT2D eigenvalue weighted by Crippen LogP contribution is -2.38. The number of nitrogens with zero attached hydrogens (tertiary/aromatic N) is 4. The number of piperidine rings is 1. The van der Waals surface area contributed by atoms with Crippen LogP contribution in [0.2, 0.25) is 5.02 Å². The second-order valence-electron chi connectivity index (χ2n) is 6.71. The van der Waals surface area contributed by atoms with E-state index in [-0.39, 0.29) is 22.4 Å². The molecule has 1 aliphatic rings. The second kappa shape index (κ2) is 7.73. The summed E-state index contributed by atoms with van der Waals surface area (Å²) in [6.45, 7) is 4.92. The van der Waals surface area contributed by atoms with Gasteiger partial charge in [0.25, 0.3) is 11.5 Å². The number of halogens is 1. The zero-order valence-corrected chi connectivity index (χ0v) is 17.7. The van der Waals surface area contributed by atoms with Gasteiger partial charge in [-0.05, 0) is 26.7 Å². The molecule has 0 aromatic carbocycles. The molecule has 1 N–H and O–H groups in total. The molecule has 4 rings (SSSR count). The molecule has 1 amide bonds. The maximum atomic E-state index is 12.7. The molecule has 4 heterocycles. The minimum absolute atomic E-state index is 0.0180. The van der Waals surface area contributed by atoms with Crippen molar-refractivity contribution in [3.8, 4) is 10.7 Å². The van der Waals surface area contributed by atoms with Crippen LogP contribution in [0.15, 0.2) is 15.8 Å². The number of H-pyrrole nitrogens is 1. The molecule has 0 atom stereocenters. The molecule has 10 heteroatoms. The van der Waals surface area contributed by atoms with Crippen LogP contribution in [0.4, 0.5) is 0 Å². The van der Waals surface area contributed by atoms with Gasteiger partial charge in [-0.25, -0.2) is 15.0 Å². The van der Waals surface area contributed by atoms with Gasteiger partial charge >= 0.3 is 0 Å². The van der Waals surface area contributed by atoms with Crippen LogP contribution < -0.4 is 5.56 Å². The van der Waals surface area contributed by atoms with Crippen molar-refractivity contribution in [2.24, 2.45) is 0 Å². The average Bonchev–Trinajstić information content (AvgIpc) is 3.31. The lowest BCUT2D eigenvalue weighted by atomic mass is 9.93. The standard InChI is InChI=1S/C18H18ClN5O2S2/c1-9-14(27-7-20-9)16-22-13(12(19)17(25)23-16)11-3-5-24(6-4-11)18(26)15-10(2)21-8-28-15/h7-8,11H,3-6H2,1-2H3,(H,22,23,25). The lowest BCUT2D eigenvalue weighted by Gasteiger charge is -2.31. The van der Waals surface area contributed by atoms with Gasteiger partial charge < -0.3 is 9.88 Å². The number of nitrogens with one attached hydrogen (secondary N) is 1. The molecule has 0 bridgehead atoms. The molecule has 28 heavy (non-hydrogen) atoms. The van der Waals surface area contributed by atoms with E-state index in [1.807, 2.05) is 18.7 Å². The molecule has 146 valence electrons. The Morgan fingerprint density at radius 3 is 2.46 bits per heavy atom. The maximum Gasteiger partial charge on any atom is 0.270 e. The molecule has 0 spiro atoms. The van der Waals surface area contributed by atoms with Gasteiger partial charge in [0, 0.05) is 19.0 Å². The number of likely N-dealkylation sites (tertiary alicyclic amines) is 1. The van der Waals surface area contributed by atoms with Crippen LogP contribution in [-0.2, 0) is 0 Å². The molecule has 7 nitrogen and oxygen atoms in total. The summed E-state index contributed by atoms with van der Waals surface area (Å²) in [7, 11) is 0. The molecule has 0 unspecified atom stereocenters. The van der Waals surface area contributed by atoms with Gasteiger partial charge in [-0.2, -0.15) is 0 Å². The quantitative estimate of drug-likeness (QED) is 0.678. The Morgan fingerprint density at radius 1 is 1.18 bits per heavy atom. The van der Waals surface area contributed by atoms with E-state index in [1.165, 1.54) is 22.7 Å². The Kier molecular flexibility index (Phi) is 5.31. The Bertz CT molecular complexity index is 1080. The molecule has 3 aromatic rings. The van der Waals surface area contributed by atoms with Crippen molar-refractivity contribution in [3.05, 3.63) is 48.4 Å². The van der Waals surface area contributed by atoms with Crippen LogP contribution >= 0.6 is 34.3 Å². The largest absolute Gasteiger partial charge is 0.338 e. The highest BCUT2D eigenvalue weighted by Gasteiger charge is 2.29. The van der Waals surface area contributed by atoms with E-state index in [1.54, 1.807) is 11.0 Å². The molecular weight excluding hydrogens is 418 g/mol. The van der Waals surface area contributed by atoms with Crippen LogP contribution in [0.25, 0.3) is 10.7 Å². The molecule has 1 saturated heterocycles. The number of hydrogen-bond acceptors (Lipinski definition) is 7. The number of aryl methyl sites for hydroxylation is 2. The molecule has 1 aliphatic heterocycles. The highest BCUT2D eigenvalue weighted by atomic mass is 35.5. The minimum atomic E-state index is -0.340. The van der Waals surface area contributed by atoms with Crippen molar-refractivity contribution >= 4 is 40.2 Å². The van der Waals surface area contributed by atoms with Crippen molar-refractivity contribution in [3.63, 3.8) is 0 Å². The number of rotatable bonds is 3. The number of hydrogen-bond donors (Lipinski definition) is 1. The summed E-state index contributed by atoms with van der Waals surface area (Å²) >= 11 is 9.10.